The first-order chi connectivity index (χ1) is 17.6. The SMILES string of the molecule is CCCC1CCC(c2cc(F)c(/C(F)=C(\F)c3ccc(-c4cc(F)c(F)c(F)c4)c(F)c3)c(F)c2)CC1. The number of hydrogen-bond acceptors (Lipinski definition) is 0. The minimum Gasteiger partial charge on any atom is -0.206 e. The number of rotatable bonds is 6. The van der Waals surface area contributed by atoms with Crippen LogP contribution in [0.25, 0.3) is 22.8 Å². The molecule has 0 aliphatic heterocycles. The molecule has 37 heavy (non-hydrogen) atoms. The summed E-state index contributed by atoms with van der Waals surface area (Å²) in [6.07, 6.45) is 5.55. The van der Waals surface area contributed by atoms with E-state index >= 15 is 0 Å². The highest BCUT2D eigenvalue weighted by molar-refractivity contribution is 5.84. The molecule has 0 amide bonds. The van der Waals surface area contributed by atoms with Gasteiger partial charge in [0.1, 0.15) is 17.5 Å². The lowest BCUT2D eigenvalue weighted by molar-refractivity contribution is 0.307. The largest absolute Gasteiger partial charge is 0.206 e. The van der Waals surface area contributed by atoms with E-state index in [-0.39, 0.29) is 11.5 Å². The molecule has 1 fully saturated rings. The van der Waals surface area contributed by atoms with Crippen molar-refractivity contribution in [1.82, 2.24) is 0 Å². The van der Waals surface area contributed by atoms with Gasteiger partial charge in [-0.25, -0.2) is 35.1 Å². The minimum absolute atomic E-state index is 0.0779. The molecule has 1 aliphatic carbocycles. The van der Waals surface area contributed by atoms with E-state index in [1.165, 1.54) is 0 Å². The molecule has 1 aliphatic rings. The standard InChI is InChI=1S/C29H24F8/c1-2-3-15-4-6-16(7-5-15)18-11-22(31)26(23(32)12-18)29(37)27(35)17-8-9-20(21(30)10-17)19-13-24(33)28(36)25(34)14-19/h8-16H,2-7H2,1H3/b29-27+. The lowest BCUT2D eigenvalue weighted by atomic mass is 9.77. The van der Waals surface area contributed by atoms with Crippen LogP contribution in [0.15, 0.2) is 42.5 Å². The molecule has 3 aromatic rings. The van der Waals surface area contributed by atoms with E-state index in [9.17, 15) is 35.1 Å². The van der Waals surface area contributed by atoms with Crippen LogP contribution in [-0.4, -0.2) is 0 Å². The third kappa shape index (κ3) is 5.58. The van der Waals surface area contributed by atoms with Gasteiger partial charge < -0.3 is 0 Å². The molecule has 0 saturated heterocycles. The summed E-state index contributed by atoms with van der Waals surface area (Å²) in [6.45, 7) is 2.10. The van der Waals surface area contributed by atoms with Gasteiger partial charge in [-0.1, -0.05) is 31.9 Å². The fourth-order valence-corrected chi connectivity index (χ4v) is 5.06. The normalized spacial score (nSPS) is 18.6. The molecule has 0 spiro atoms. The maximum Gasteiger partial charge on any atom is 0.194 e. The van der Waals surface area contributed by atoms with Crippen LogP contribution < -0.4 is 0 Å². The van der Waals surface area contributed by atoms with Gasteiger partial charge in [0.2, 0.25) is 0 Å². The predicted octanol–water partition coefficient (Wildman–Crippen LogP) is 10.0. The molecule has 0 heterocycles. The second-order valence-corrected chi connectivity index (χ2v) is 9.44. The minimum atomic E-state index is -1.85. The van der Waals surface area contributed by atoms with Crippen LogP contribution >= 0.6 is 0 Å². The molecule has 0 nitrogen and oxygen atoms in total. The monoisotopic (exact) mass is 524 g/mol. The molecule has 0 radical (unpaired) electrons. The Labute approximate surface area is 209 Å². The van der Waals surface area contributed by atoms with Crippen LogP contribution in [-0.2, 0) is 0 Å². The van der Waals surface area contributed by atoms with E-state index in [2.05, 4.69) is 6.92 Å². The fraction of sp³-hybridized carbons (Fsp3) is 0.310. The fourth-order valence-electron chi connectivity index (χ4n) is 5.06. The zero-order chi connectivity index (χ0) is 26.9. The van der Waals surface area contributed by atoms with Crippen molar-refractivity contribution in [3.8, 4) is 11.1 Å². The molecular weight excluding hydrogens is 500 g/mol. The Kier molecular flexibility index (Phi) is 8.05. The van der Waals surface area contributed by atoms with Crippen molar-refractivity contribution in [2.45, 2.75) is 51.4 Å². The summed E-state index contributed by atoms with van der Waals surface area (Å²) < 4.78 is 114. The highest BCUT2D eigenvalue weighted by Gasteiger charge is 2.26. The van der Waals surface area contributed by atoms with Crippen molar-refractivity contribution in [2.75, 3.05) is 0 Å². The van der Waals surface area contributed by atoms with Crippen LogP contribution in [0.5, 0.6) is 0 Å². The number of halogens is 8. The first-order valence-corrected chi connectivity index (χ1v) is 12.1. The molecular formula is C29H24F8. The molecule has 8 heteroatoms. The number of hydrogen-bond donors (Lipinski definition) is 0. The van der Waals surface area contributed by atoms with E-state index in [0.717, 1.165) is 62.8 Å². The van der Waals surface area contributed by atoms with Crippen molar-refractivity contribution in [3.05, 3.63) is 94.1 Å². The van der Waals surface area contributed by atoms with E-state index in [1.807, 2.05) is 0 Å². The second-order valence-electron chi connectivity index (χ2n) is 9.44. The van der Waals surface area contributed by atoms with Crippen LogP contribution in [0, 0.1) is 40.8 Å². The quantitative estimate of drug-likeness (QED) is 0.171. The summed E-state index contributed by atoms with van der Waals surface area (Å²) in [5, 5.41) is 0. The summed E-state index contributed by atoms with van der Waals surface area (Å²) in [7, 11) is 0. The smallest absolute Gasteiger partial charge is 0.194 e. The van der Waals surface area contributed by atoms with E-state index in [0.29, 0.717) is 29.7 Å². The van der Waals surface area contributed by atoms with Crippen LogP contribution in [0.4, 0.5) is 35.1 Å². The van der Waals surface area contributed by atoms with Gasteiger partial charge in [-0.3, -0.25) is 0 Å². The van der Waals surface area contributed by atoms with Crippen molar-refractivity contribution < 1.29 is 35.1 Å². The van der Waals surface area contributed by atoms with Crippen molar-refractivity contribution >= 4 is 11.7 Å². The van der Waals surface area contributed by atoms with Crippen molar-refractivity contribution in [1.29, 1.82) is 0 Å². The van der Waals surface area contributed by atoms with Crippen molar-refractivity contribution in [3.63, 3.8) is 0 Å². The maximum absolute atomic E-state index is 14.9. The van der Waals surface area contributed by atoms with E-state index < -0.39 is 63.2 Å². The Hall–Kier alpha value is -3.16. The Morgan fingerprint density at radius 3 is 1.84 bits per heavy atom. The van der Waals surface area contributed by atoms with Crippen LogP contribution in [0.1, 0.15) is 68.1 Å². The molecule has 3 aromatic carbocycles. The van der Waals surface area contributed by atoms with Gasteiger partial charge in [0.25, 0.3) is 0 Å². The van der Waals surface area contributed by atoms with Gasteiger partial charge in [0, 0.05) is 11.1 Å². The van der Waals surface area contributed by atoms with Gasteiger partial charge in [-0.05, 0) is 79.0 Å². The predicted molar refractivity (Wildman–Crippen MR) is 127 cm³/mol. The van der Waals surface area contributed by atoms with Crippen LogP contribution in [0.3, 0.4) is 0 Å². The molecule has 0 atom stereocenters. The van der Waals surface area contributed by atoms with Gasteiger partial charge in [0.15, 0.2) is 29.1 Å². The van der Waals surface area contributed by atoms with E-state index in [1.54, 1.807) is 0 Å². The lowest BCUT2D eigenvalue weighted by Gasteiger charge is -2.28. The zero-order valence-electron chi connectivity index (χ0n) is 20.0. The summed E-state index contributed by atoms with van der Waals surface area (Å²) in [5.41, 5.74) is -2.28. The van der Waals surface area contributed by atoms with Gasteiger partial charge in [-0.15, -0.1) is 0 Å². The summed E-state index contributed by atoms with van der Waals surface area (Å²) in [5.74, 6) is -11.7. The first kappa shape index (κ1) is 26.9. The third-order valence-electron chi connectivity index (χ3n) is 7.01. The third-order valence-corrected chi connectivity index (χ3v) is 7.01. The molecule has 0 bridgehead atoms. The first-order valence-electron chi connectivity index (χ1n) is 12.1. The molecule has 0 N–H and O–H groups in total. The maximum atomic E-state index is 14.9. The van der Waals surface area contributed by atoms with E-state index in [4.69, 9.17) is 0 Å². The van der Waals surface area contributed by atoms with Crippen molar-refractivity contribution in [2.24, 2.45) is 5.92 Å². The van der Waals surface area contributed by atoms with Gasteiger partial charge in [-0.2, -0.15) is 0 Å². The van der Waals surface area contributed by atoms with Gasteiger partial charge >= 0.3 is 0 Å². The molecule has 4 rings (SSSR count). The highest BCUT2D eigenvalue weighted by atomic mass is 19.2. The Morgan fingerprint density at radius 1 is 0.703 bits per heavy atom. The molecule has 196 valence electrons. The summed E-state index contributed by atoms with van der Waals surface area (Å²) in [6, 6.07) is 5.41. The summed E-state index contributed by atoms with van der Waals surface area (Å²) in [4.78, 5) is 0. The topological polar surface area (TPSA) is 0 Å². The zero-order valence-corrected chi connectivity index (χ0v) is 20.0. The average molecular weight is 524 g/mol. The molecule has 1 saturated carbocycles. The molecule has 0 aromatic heterocycles. The highest BCUT2D eigenvalue weighted by Crippen LogP contribution is 2.40. The number of benzene rings is 3. The Bertz CT molecular complexity index is 1290. The van der Waals surface area contributed by atoms with Gasteiger partial charge in [0.05, 0.1) is 5.56 Å². The Morgan fingerprint density at radius 2 is 1.30 bits per heavy atom. The lowest BCUT2D eigenvalue weighted by Crippen LogP contribution is -2.14. The summed E-state index contributed by atoms with van der Waals surface area (Å²) >= 11 is 0. The van der Waals surface area contributed by atoms with Crippen LogP contribution in [0.2, 0.25) is 0 Å². The Balaban J connectivity index is 1.62. The second kappa shape index (κ2) is 11.1. The molecule has 0 unspecified atom stereocenters. The average Bonchev–Trinajstić information content (AvgIpc) is 2.86.